The number of benzene rings is 1. The van der Waals surface area contributed by atoms with Crippen LogP contribution in [-0.4, -0.2) is 22.1 Å². The fourth-order valence-electron chi connectivity index (χ4n) is 3.29. The molecule has 1 saturated heterocycles. The van der Waals surface area contributed by atoms with Crippen LogP contribution in [0.15, 0.2) is 22.7 Å². The molecule has 2 heterocycles. The zero-order valence-corrected chi connectivity index (χ0v) is 13.9. The molecule has 0 spiro atoms. The molecule has 1 aromatic heterocycles. The summed E-state index contributed by atoms with van der Waals surface area (Å²) in [4.78, 5) is 4.96. The van der Waals surface area contributed by atoms with Crippen molar-refractivity contribution in [2.24, 2.45) is 0 Å². The van der Waals surface area contributed by atoms with E-state index < -0.39 is 0 Å². The summed E-state index contributed by atoms with van der Waals surface area (Å²) in [5.74, 6) is 1.83. The van der Waals surface area contributed by atoms with Gasteiger partial charge in [-0.15, -0.1) is 0 Å². The average Bonchev–Trinajstić information content (AvgIpc) is 2.77. The maximum Gasteiger partial charge on any atom is 0.113 e. The van der Waals surface area contributed by atoms with Crippen LogP contribution in [0.2, 0.25) is 0 Å². The highest BCUT2D eigenvalue weighted by atomic mass is 79.9. The molecule has 4 heteroatoms. The smallest absolute Gasteiger partial charge is 0.113 e. The van der Waals surface area contributed by atoms with Crippen molar-refractivity contribution in [3.63, 3.8) is 0 Å². The van der Waals surface area contributed by atoms with Crippen LogP contribution in [0.1, 0.15) is 51.4 Å². The van der Waals surface area contributed by atoms with Gasteiger partial charge in [-0.3, -0.25) is 0 Å². The number of rotatable bonds is 2. The second-order valence-electron chi connectivity index (χ2n) is 6.14. The molecule has 2 atom stereocenters. The molecule has 1 aliphatic heterocycles. The van der Waals surface area contributed by atoms with E-state index in [0.29, 0.717) is 18.0 Å². The van der Waals surface area contributed by atoms with Crippen molar-refractivity contribution in [1.82, 2.24) is 14.9 Å². The van der Waals surface area contributed by atoms with Gasteiger partial charge >= 0.3 is 0 Å². The van der Waals surface area contributed by atoms with E-state index >= 15 is 0 Å². The number of nitrogens with one attached hydrogen (secondary N) is 1. The molecular weight excluding hydrogens is 314 g/mol. The lowest BCUT2D eigenvalue weighted by Crippen LogP contribution is -2.35. The molecule has 2 aromatic rings. The zero-order chi connectivity index (χ0) is 14.3. The molecule has 0 aliphatic carbocycles. The Morgan fingerprint density at radius 2 is 2.20 bits per heavy atom. The Bertz CT molecular complexity index is 617. The van der Waals surface area contributed by atoms with Gasteiger partial charge in [-0.05, 0) is 58.4 Å². The molecule has 0 radical (unpaired) electrons. The minimum Gasteiger partial charge on any atom is -0.325 e. The quantitative estimate of drug-likeness (QED) is 0.889. The molecule has 108 valence electrons. The molecule has 3 rings (SSSR count). The number of halogens is 1. The molecule has 1 N–H and O–H groups in total. The lowest BCUT2D eigenvalue weighted by molar-refractivity contribution is 0.360. The zero-order valence-electron chi connectivity index (χ0n) is 12.4. The van der Waals surface area contributed by atoms with Crippen LogP contribution in [-0.2, 0) is 0 Å². The van der Waals surface area contributed by atoms with Gasteiger partial charge in [0.15, 0.2) is 0 Å². The van der Waals surface area contributed by atoms with Gasteiger partial charge in [0, 0.05) is 22.5 Å². The number of hydrogen-bond donors (Lipinski definition) is 1. The predicted octanol–water partition coefficient (Wildman–Crippen LogP) is 4.24. The Kier molecular flexibility index (Phi) is 3.87. The van der Waals surface area contributed by atoms with E-state index in [1.165, 1.54) is 24.2 Å². The van der Waals surface area contributed by atoms with Crippen LogP contribution >= 0.6 is 15.9 Å². The molecule has 1 aromatic carbocycles. The molecule has 0 saturated carbocycles. The molecule has 0 amide bonds. The highest BCUT2D eigenvalue weighted by Gasteiger charge is 2.26. The first-order chi connectivity index (χ1) is 9.56. The Morgan fingerprint density at radius 3 is 2.90 bits per heavy atom. The van der Waals surface area contributed by atoms with Crippen molar-refractivity contribution in [3.05, 3.63) is 28.5 Å². The van der Waals surface area contributed by atoms with Crippen molar-refractivity contribution in [2.75, 3.05) is 6.54 Å². The van der Waals surface area contributed by atoms with Gasteiger partial charge < -0.3 is 9.88 Å². The number of imidazole rings is 1. The summed E-state index contributed by atoms with van der Waals surface area (Å²) < 4.78 is 3.52. The largest absolute Gasteiger partial charge is 0.325 e. The van der Waals surface area contributed by atoms with Gasteiger partial charge in [0.2, 0.25) is 0 Å². The summed E-state index contributed by atoms with van der Waals surface area (Å²) in [5, 5.41) is 3.53. The minimum absolute atomic E-state index is 0.446. The molecular formula is C16H22BrN3. The molecule has 2 unspecified atom stereocenters. The summed E-state index contributed by atoms with van der Waals surface area (Å²) in [7, 11) is 0. The SMILES string of the molecule is CC1CC(c2nc3cc(Br)ccc3n2C(C)C)CCN1. The topological polar surface area (TPSA) is 29.9 Å². The molecule has 0 bridgehead atoms. The molecule has 1 aliphatic rings. The van der Waals surface area contributed by atoms with Crippen LogP contribution in [0.3, 0.4) is 0 Å². The number of hydrogen-bond acceptors (Lipinski definition) is 2. The summed E-state index contributed by atoms with van der Waals surface area (Å²) in [6, 6.07) is 7.45. The summed E-state index contributed by atoms with van der Waals surface area (Å²) >= 11 is 3.55. The van der Waals surface area contributed by atoms with E-state index in [0.717, 1.165) is 16.5 Å². The van der Waals surface area contributed by atoms with Crippen molar-refractivity contribution < 1.29 is 0 Å². The first-order valence-corrected chi connectivity index (χ1v) is 8.26. The number of fused-ring (bicyclic) bond motifs is 1. The van der Waals surface area contributed by atoms with Crippen LogP contribution in [0, 0.1) is 0 Å². The van der Waals surface area contributed by atoms with E-state index in [-0.39, 0.29) is 0 Å². The van der Waals surface area contributed by atoms with E-state index in [1.807, 2.05) is 0 Å². The van der Waals surface area contributed by atoms with Crippen LogP contribution in [0.5, 0.6) is 0 Å². The second-order valence-corrected chi connectivity index (χ2v) is 7.06. The third-order valence-corrected chi connectivity index (χ3v) is 4.68. The monoisotopic (exact) mass is 335 g/mol. The average molecular weight is 336 g/mol. The number of piperidine rings is 1. The second kappa shape index (κ2) is 5.49. The number of nitrogens with zero attached hydrogens (tertiary/aromatic N) is 2. The third kappa shape index (κ3) is 2.51. The van der Waals surface area contributed by atoms with Gasteiger partial charge in [-0.25, -0.2) is 4.98 Å². The normalized spacial score (nSPS) is 23.6. The predicted molar refractivity (Wildman–Crippen MR) is 87.3 cm³/mol. The van der Waals surface area contributed by atoms with E-state index in [2.05, 4.69) is 64.8 Å². The van der Waals surface area contributed by atoms with Gasteiger partial charge in [0.1, 0.15) is 5.82 Å². The van der Waals surface area contributed by atoms with Crippen LogP contribution in [0.4, 0.5) is 0 Å². The molecule has 1 fully saturated rings. The highest BCUT2D eigenvalue weighted by Crippen LogP contribution is 2.33. The Balaban J connectivity index is 2.11. The number of aromatic nitrogens is 2. The lowest BCUT2D eigenvalue weighted by Gasteiger charge is -2.28. The highest BCUT2D eigenvalue weighted by molar-refractivity contribution is 9.10. The Hall–Kier alpha value is -0.870. The minimum atomic E-state index is 0.446. The molecule has 3 nitrogen and oxygen atoms in total. The fourth-order valence-corrected chi connectivity index (χ4v) is 3.64. The van der Waals surface area contributed by atoms with Gasteiger partial charge in [-0.1, -0.05) is 15.9 Å². The van der Waals surface area contributed by atoms with Crippen molar-refractivity contribution >= 4 is 27.0 Å². The van der Waals surface area contributed by atoms with Gasteiger partial charge in [0.25, 0.3) is 0 Å². The van der Waals surface area contributed by atoms with E-state index in [9.17, 15) is 0 Å². The summed E-state index contributed by atoms with van der Waals surface area (Å²) in [6.45, 7) is 7.86. The third-order valence-electron chi connectivity index (χ3n) is 4.18. The van der Waals surface area contributed by atoms with E-state index in [4.69, 9.17) is 4.98 Å². The first kappa shape index (κ1) is 14.1. The van der Waals surface area contributed by atoms with Crippen LogP contribution < -0.4 is 5.32 Å². The van der Waals surface area contributed by atoms with Crippen molar-refractivity contribution in [2.45, 2.75) is 51.6 Å². The van der Waals surface area contributed by atoms with Crippen LogP contribution in [0.25, 0.3) is 11.0 Å². The first-order valence-electron chi connectivity index (χ1n) is 7.47. The van der Waals surface area contributed by atoms with Gasteiger partial charge in [0.05, 0.1) is 11.0 Å². The van der Waals surface area contributed by atoms with Crippen molar-refractivity contribution in [1.29, 1.82) is 0 Å². The summed E-state index contributed by atoms with van der Waals surface area (Å²) in [5.41, 5.74) is 2.36. The summed E-state index contributed by atoms with van der Waals surface area (Å²) in [6.07, 6.45) is 2.36. The van der Waals surface area contributed by atoms with Crippen molar-refractivity contribution in [3.8, 4) is 0 Å². The fraction of sp³-hybridized carbons (Fsp3) is 0.562. The molecule has 20 heavy (non-hydrogen) atoms. The lowest BCUT2D eigenvalue weighted by atomic mass is 9.92. The van der Waals surface area contributed by atoms with E-state index in [1.54, 1.807) is 0 Å². The maximum atomic E-state index is 4.96. The van der Waals surface area contributed by atoms with Gasteiger partial charge in [-0.2, -0.15) is 0 Å². The Labute approximate surface area is 128 Å². The maximum absolute atomic E-state index is 4.96. The standard InChI is InChI=1S/C16H22BrN3/c1-10(2)20-15-5-4-13(17)9-14(15)19-16(20)12-6-7-18-11(3)8-12/h4-5,9-12,18H,6-8H2,1-3H3. The Morgan fingerprint density at radius 1 is 1.40 bits per heavy atom.